The first-order valence-electron chi connectivity index (χ1n) is 37.9. The Kier molecular flexibility index (Phi) is 17.6. The molecular formula is C108H80. The van der Waals surface area contributed by atoms with Crippen molar-refractivity contribution >= 4 is 0 Å². The van der Waals surface area contributed by atoms with E-state index in [4.69, 9.17) is 25.7 Å². The zero-order valence-corrected chi connectivity index (χ0v) is 60.8. The molecule has 512 valence electrons. The first-order chi connectivity index (χ1) is 52.9. The summed E-state index contributed by atoms with van der Waals surface area (Å²) in [5.74, 6) is 38.6. The Bertz CT molecular complexity index is 5000. The van der Waals surface area contributed by atoms with Crippen LogP contribution < -0.4 is 0 Å². The quantitative estimate of drug-likeness (QED) is 0.133. The van der Waals surface area contributed by atoms with E-state index in [1.54, 1.807) is 0 Å². The Hall–Kier alpha value is -12.9. The molecule has 0 heterocycles. The normalized spacial score (nSPS) is 24.6. The van der Waals surface area contributed by atoms with Crippen LogP contribution in [0.5, 0.6) is 0 Å². The Morgan fingerprint density at radius 2 is 0.250 bits per heavy atom. The lowest BCUT2D eigenvalue weighted by molar-refractivity contribution is -0.0694. The molecule has 8 saturated carbocycles. The van der Waals surface area contributed by atoms with Crippen molar-refractivity contribution in [3.8, 4) is 96.7 Å². The highest BCUT2D eigenvalue weighted by atomic mass is 14.7. The third kappa shape index (κ3) is 12.9. The maximum Gasteiger partial charge on any atom is 0.0249 e. The van der Waals surface area contributed by atoms with E-state index in [9.17, 15) is 0 Å². The second-order valence-corrected chi connectivity index (χ2v) is 32.0. The average Bonchev–Trinajstić information content (AvgIpc) is 0.672. The maximum absolute atomic E-state index is 5.78. The van der Waals surface area contributed by atoms with Gasteiger partial charge >= 0.3 is 0 Å². The Labute approximate surface area is 639 Å². The summed E-state index contributed by atoms with van der Waals surface area (Å²) in [4.78, 5) is 0. The molecule has 12 aromatic rings. The van der Waals surface area contributed by atoms with Crippen molar-refractivity contribution in [2.45, 2.75) is 120 Å². The van der Waals surface area contributed by atoms with Crippen LogP contribution in [0.2, 0.25) is 0 Å². The second kappa shape index (κ2) is 27.9. The van der Waals surface area contributed by atoms with Crippen LogP contribution in [0, 0.1) is 96.7 Å². The lowest BCUT2D eigenvalue weighted by atomic mass is 9.32. The summed E-state index contributed by atoms with van der Waals surface area (Å²) in [6, 6.07) is 114. The number of benzene rings is 12. The molecule has 0 amide bonds. The lowest BCUT2D eigenvalue weighted by Gasteiger charge is -2.71. The standard InChI is InChI=1S/C66H48.C42H32/c1-5-13-51(14-6-1)21-25-55-29-37-59(38-30-55)63-45-64(60-39-31-56(32-40-60)26-22-52-15-7-2-8-16-52)48-65(46-63,61-41-33-57(34-42-61)27-23-53-17-9-3-10-18-53)50-66(47-63,49-64)62-43-35-58(36-44-62)28-24-54-19-11-4-12-20-54;1-5-31-9-17-35(18-10-31)39-25-40(36-19-11-32(6-2)12-20-36)28-41(26-39,37-21-13-33(7-3)14-22-37)30-42(27-39,29-40)38-23-15-34(8-4)16-24-38/h1-20,29-44H,45-50H2;1-4,9-24H,25-30H2. The van der Waals surface area contributed by atoms with Gasteiger partial charge in [0.25, 0.3) is 0 Å². The summed E-state index contributed by atoms with van der Waals surface area (Å²) < 4.78 is 0. The van der Waals surface area contributed by atoms with Crippen LogP contribution in [0.15, 0.2) is 315 Å². The van der Waals surface area contributed by atoms with Gasteiger partial charge in [0, 0.05) is 66.8 Å². The molecule has 0 aliphatic heterocycles. The van der Waals surface area contributed by atoms with E-state index in [0.717, 1.165) is 144 Å². The van der Waals surface area contributed by atoms with Gasteiger partial charge in [0.2, 0.25) is 0 Å². The monoisotopic (exact) mass is 1380 g/mol. The molecule has 8 fully saturated rings. The lowest BCUT2D eigenvalue weighted by Crippen LogP contribution is -2.67. The van der Waals surface area contributed by atoms with Crippen molar-refractivity contribution in [3.05, 3.63) is 427 Å². The fourth-order valence-electron chi connectivity index (χ4n) is 21.7. The van der Waals surface area contributed by atoms with Crippen LogP contribution in [0.3, 0.4) is 0 Å². The van der Waals surface area contributed by atoms with E-state index < -0.39 is 0 Å². The van der Waals surface area contributed by atoms with Crippen molar-refractivity contribution in [3.63, 3.8) is 0 Å². The van der Waals surface area contributed by atoms with Gasteiger partial charge in [-0.15, -0.1) is 25.7 Å². The van der Waals surface area contributed by atoms with Gasteiger partial charge in [-0.05, 0) is 310 Å². The van der Waals surface area contributed by atoms with Crippen molar-refractivity contribution in [2.75, 3.05) is 0 Å². The predicted molar refractivity (Wildman–Crippen MR) is 442 cm³/mol. The largest absolute Gasteiger partial charge is 0.115 e. The molecule has 0 nitrogen and oxygen atoms in total. The van der Waals surface area contributed by atoms with Crippen LogP contribution in [-0.4, -0.2) is 0 Å². The Balaban J connectivity index is 0.000000175. The fraction of sp³-hybridized carbons (Fsp3) is 0.185. The van der Waals surface area contributed by atoms with Crippen LogP contribution in [-0.2, 0) is 43.3 Å². The van der Waals surface area contributed by atoms with Gasteiger partial charge in [0.15, 0.2) is 0 Å². The molecule has 0 unspecified atom stereocenters. The number of hydrogen-bond donors (Lipinski definition) is 0. The van der Waals surface area contributed by atoms with E-state index in [-0.39, 0.29) is 43.3 Å². The van der Waals surface area contributed by atoms with Crippen LogP contribution in [0.25, 0.3) is 0 Å². The van der Waals surface area contributed by atoms with E-state index in [1.807, 2.05) is 72.8 Å². The highest BCUT2D eigenvalue weighted by molar-refractivity contribution is 5.58. The molecule has 0 saturated heterocycles. The minimum Gasteiger partial charge on any atom is -0.115 e. The van der Waals surface area contributed by atoms with Gasteiger partial charge in [-0.2, -0.15) is 0 Å². The molecule has 0 N–H and O–H groups in total. The molecule has 20 rings (SSSR count). The third-order valence-corrected chi connectivity index (χ3v) is 25.3. The summed E-state index contributed by atoms with van der Waals surface area (Å²) in [7, 11) is 0. The number of hydrogen-bond acceptors (Lipinski definition) is 0. The molecule has 8 bridgehead atoms. The van der Waals surface area contributed by atoms with Gasteiger partial charge in [-0.1, -0.05) is 241 Å². The molecule has 8 aliphatic carbocycles. The molecule has 12 aromatic carbocycles. The van der Waals surface area contributed by atoms with Crippen LogP contribution in [0.1, 0.15) is 188 Å². The van der Waals surface area contributed by atoms with Gasteiger partial charge in [-0.25, -0.2) is 0 Å². The first kappa shape index (κ1) is 68.2. The minimum atomic E-state index is -0.0799. The van der Waals surface area contributed by atoms with Gasteiger partial charge in [0.1, 0.15) is 0 Å². The van der Waals surface area contributed by atoms with Crippen LogP contribution >= 0.6 is 0 Å². The molecule has 0 radical (unpaired) electrons. The van der Waals surface area contributed by atoms with Gasteiger partial charge in [-0.3, -0.25) is 0 Å². The minimum absolute atomic E-state index is 0.0256. The summed E-state index contributed by atoms with van der Waals surface area (Å²) in [6.45, 7) is 0. The molecular weight excluding hydrogens is 1300 g/mol. The molecule has 108 heavy (non-hydrogen) atoms. The van der Waals surface area contributed by atoms with E-state index in [2.05, 4.69) is 314 Å². The smallest absolute Gasteiger partial charge is 0.0249 e. The van der Waals surface area contributed by atoms with Crippen molar-refractivity contribution < 1.29 is 0 Å². The maximum atomic E-state index is 5.78. The summed E-state index contributed by atoms with van der Waals surface area (Å²) in [6.07, 6.45) is 36.2. The molecule has 8 aliphatic rings. The third-order valence-electron chi connectivity index (χ3n) is 25.3. The zero-order chi connectivity index (χ0) is 73.3. The molecule has 0 spiro atoms. The molecule has 0 atom stereocenters. The van der Waals surface area contributed by atoms with Crippen molar-refractivity contribution in [1.29, 1.82) is 0 Å². The second-order valence-electron chi connectivity index (χ2n) is 32.0. The number of terminal acetylenes is 4. The van der Waals surface area contributed by atoms with Crippen molar-refractivity contribution in [1.82, 2.24) is 0 Å². The van der Waals surface area contributed by atoms with Gasteiger partial charge in [0.05, 0.1) is 0 Å². The average molecular weight is 1380 g/mol. The summed E-state index contributed by atoms with van der Waals surface area (Å²) in [5.41, 5.74) is 22.8. The molecule has 0 heteroatoms. The van der Waals surface area contributed by atoms with Crippen molar-refractivity contribution in [2.24, 2.45) is 0 Å². The Morgan fingerprint density at radius 1 is 0.139 bits per heavy atom. The van der Waals surface area contributed by atoms with Gasteiger partial charge < -0.3 is 0 Å². The highest BCUT2D eigenvalue weighted by Crippen LogP contribution is 2.77. The summed E-state index contributed by atoms with van der Waals surface area (Å²) >= 11 is 0. The molecule has 0 aromatic heterocycles. The first-order valence-corrected chi connectivity index (χ1v) is 37.9. The fourth-order valence-corrected chi connectivity index (χ4v) is 21.7. The highest BCUT2D eigenvalue weighted by Gasteiger charge is 2.71. The van der Waals surface area contributed by atoms with E-state index in [1.165, 1.54) is 44.5 Å². The topological polar surface area (TPSA) is 0 Å². The Morgan fingerprint density at radius 3 is 0.370 bits per heavy atom. The van der Waals surface area contributed by atoms with Crippen LogP contribution in [0.4, 0.5) is 0 Å². The SMILES string of the molecule is C#Cc1ccc(C23CC4(c5ccc(C#C)cc5)CC(c5ccc(C#C)cc5)(C2)CC(c2ccc(C#C)cc2)(C3)C4)cc1.C(#Cc1ccc(C23CC4(c5ccc(C#Cc6ccccc6)cc5)CC(c5ccc(C#Cc6ccccc6)cc5)(C2)CC(c2ccc(C#Cc5ccccc5)cc2)(C3)C4)cc1)c1ccccc1. The number of rotatable bonds is 8. The van der Waals surface area contributed by atoms with E-state index in [0.29, 0.717) is 0 Å². The van der Waals surface area contributed by atoms with E-state index >= 15 is 0 Å². The zero-order valence-electron chi connectivity index (χ0n) is 60.8. The predicted octanol–water partition coefficient (Wildman–Crippen LogP) is 21.8. The summed E-state index contributed by atoms with van der Waals surface area (Å²) in [5, 5.41) is 0.